The van der Waals surface area contributed by atoms with E-state index in [-0.39, 0.29) is 23.6 Å². The molecule has 1 aliphatic heterocycles. The lowest BCUT2D eigenvalue weighted by atomic mass is 9.80. The van der Waals surface area contributed by atoms with Gasteiger partial charge >= 0.3 is 0 Å². The molecule has 0 bridgehead atoms. The Labute approximate surface area is 153 Å². The number of aryl methyl sites for hydroxylation is 1. The predicted molar refractivity (Wildman–Crippen MR) is 93.7 cm³/mol. The summed E-state index contributed by atoms with van der Waals surface area (Å²) in [4.78, 5) is 19.0. The molecule has 2 saturated carbocycles. The number of nitrogens with one attached hydrogen (secondary N) is 1. The second-order valence-electron chi connectivity index (χ2n) is 8.08. The summed E-state index contributed by atoms with van der Waals surface area (Å²) in [6, 6.07) is -0.155. The highest BCUT2D eigenvalue weighted by atomic mass is 32.2. The summed E-state index contributed by atoms with van der Waals surface area (Å²) in [5.41, 5.74) is -0.443. The Morgan fingerprint density at radius 3 is 2.81 bits per heavy atom. The number of hydrogen-bond acceptors (Lipinski definition) is 6. The number of rotatable bonds is 6. The number of nitrogens with zero attached hydrogens (tertiary/aromatic N) is 3. The molecule has 0 spiro atoms. The van der Waals surface area contributed by atoms with E-state index in [9.17, 15) is 13.2 Å². The van der Waals surface area contributed by atoms with E-state index >= 15 is 0 Å². The summed E-state index contributed by atoms with van der Waals surface area (Å²) in [6.45, 7) is 4.58. The van der Waals surface area contributed by atoms with Gasteiger partial charge in [0.2, 0.25) is 21.8 Å². The number of fused-ring (bicyclic) bond motifs is 1. The van der Waals surface area contributed by atoms with Gasteiger partial charge in [-0.2, -0.15) is 4.98 Å². The molecule has 1 aromatic heterocycles. The zero-order valence-corrected chi connectivity index (χ0v) is 16.1. The van der Waals surface area contributed by atoms with Crippen LogP contribution < -0.4 is 4.72 Å². The van der Waals surface area contributed by atoms with Gasteiger partial charge in [-0.15, -0.1) is 0 Å². The fourth-order valence-corrected chi connectivity index (χ4v) is 5.37. The van der Waals surface area contributed by atoms with Gasteiger partial charge in [-0.25, -0.2) is 13.1 Å². The molecule has 1 amide bonds. The van der Waals surface area contributed by atoms with Gasteiger partial charge in [-0.1, -0.05) is 5.16 Å². The molecule has 144 valence electrons. The van der Waals surface area contributed by atoms with Crippen LogP contribution in [0, 0.1) is 18.8 Å². The Hall–Kier alpha value is -1.48. The molecule has 1 aromatic rings. The fourth-order valence-electron chi connectivity index (χ4n) is 4.52. The van der Waals surface area contributed by atoms with Gasteiger partial charge < -0.3 is 9.42 Å². The van der Waals surface area contributed by atoms with Crippen molar-refractivity contribution in [2.45, 2.75) is 57.4 Å². The van der Waals surface area contributed by atoms with Gasteiger partial charge in [-0.3, -0.25) is 4.79 Å². The summed E-state index contributed by atoms with van der Waals surface area (Å²) in [5.74, 6) is 2.05. The van der Waals surface area contributed by atoms with E-state index in [1.807, 2.05) is 4.90 Å². The van der Waals surface area contributed by atoms with Crippen LogP contribution in [-0.4, -0.2) is 54.2 Å². The lowest BCUT2D eigenvalue weighted by Crippen LogP contribution is -2.40. The van der Waals surface area contributed by atoms with E-state index < -0.39 is 15.4 Å². The molecular weight excluding hydrogens is 356 g/mol. The van der Waals surface area contributed by atoms with Crippen LogP contribution in [0.5, 0.6) is 0 Å². The van der Waals surface area contributed by atoms with Gasteiger partial charge in [-0.05, 0) is 51.4 Å². The minimum Gasteiger partial charge on any atom is -0.341 e. The van der Waals surface area contributed by atoms with Crippen LogP contribution in [0.25, 0.3) is 0 Å². The minimum absolute atomic E-state index is 0.0623. The molecule has 3 fully saturated rings. The average Bonchev–Trinajstić information content (AvgIpc) is 3.00. The van der Waals surface area contributed by atoms with Crippen molar-refractivity contribution in [2.75, 3.05) is 18.8 Å². The summed E-state index contributed by atoms with van der Waals surface area (Å²) in [5, 5.41) is 3.93. The molecule has 2 heterocycles. The highest BCUT2D eigenvalue weighted by Gasteiger charge is 2.58. The number of hydrogen-bond donors (Lipinski definition) is 1. The van der Waals surface area contributed by atoms with Crippen LogP contribution in [0.2, 0.25) is 0 Å². The van der Waals surface area contributed by atoms with E-state index in [0.717, 1.165) is 12.8 Å². The minimum atomic E-state index is -3.27. The van der Waals surface area contributed by atoms with Crippen molar-refractivity contribution in [3.05, 3.63) is 11.7 Å². The third-order valence-electron chi connectivity index (χ3n) is 6.07. The molecule has 9 heteroatoms. The zero-order valence-electron chi connectivity index (χ0n) is 15.3. The van der Waals surface area contributed by atoms with Crippen molar-refractivity contribution < 1.29 is 17.7 Å². The lowest BCUT2D eigenvalue weighted by Gasteiger charge is -2.25. The maximum Gasteiger partial charge on any atom is 0.235 e. The van der Waals surface area contributed by atoms with Crippen LogP contribution in [0.3, 0.4) is 0 Å². The van der Waals surface area contributed by atoms with E-state index in [1.54, 1.807) is 13.8 Å². The van der Waals surface area contributed by atoms with Gasteiger partial charge in [0.25, 0.3) is 0 Å². The summed E-state index contributed by atoms with van der Waals surface area (Å²) < 4.78 is 32.3. The second kappa shape index (κ2) is 6.30. The standard InChI is InChI=1S/C17H26N4O4S/c1-3-26(23,24)20-14-7-13-9-21(15(22)6-12-4-5-12)10-17(13,8-14)16-18-11(2)19-25-16/h12-14,20H,3-10H2,1-2H3/t13-,14+,17-/m0/s1. The van der Waals surface area contributed by atoms with Crippen LogP contribution >= 0.6 is 0 Å². The van der Waals surface area contributed by atoms with Crippen molar-refractivity contribution in [1.82, 2.24) is 19.8 Å². The molecule has 4 rings (SSSR count). The highest BCUT2D eigenvalue weighted by Crippen LogP contribution is 2.50. The second-order valence-corrected chi connectivity index (χ2v) is 10.1. The fraction of sp³-hybridized carbons (Fsp3) is 0.824. The van der Waals surface area contributed by atoms with Crippen LogP contribution in [0.15, 0.2) is 4.52 Å². The molecule has 26 heavy (non-hydrogen) atoms. The smallest absolute Gasteiger partial charge is 0.235 e. The summed E-state index contributed by atoms with van der Waals surface area (Å²) in [6.07, 6.45) is 4.20. The Morgan fingerprint density at radius 1 is 1.42 bits per heavy atom. The van der Waals surface area contributed by atoms with Gasteiger partial charge in [0.1, 0.15) is 0 Å². The highest BCUT2D eigenvalue weighted by molar-refractivity contribution is 7.89. The summed E-state index contributed by atoms with van der Waals surface area (Å²) in [7, 11) is -3.27. The Bertz CT molecular complexity index is 803. The molecule has 1 saturated heterocycles. The van der Waals surface area contributed by atoms with E-state index in [0.29, 0.717) is 50.0 Å². The maximum atomic E-state index is 12.6. The lowest BCUT2D eigenvalue weighted by molar-refractivity contribution is -0.130. The maximum absolute atomic E-state index is 12.6. The molecule has 1 N–H and O–H groups in total. The van der Waals surface area contributed by atoms with Crippen molar-refractivity contribution in [3.63, 3.8) is 0 Å². The Morgan fingerprint density at radius 2 is 2.19 bits per heavy atom. The number of aromatic nitrogens is 2. The van der Waals surface area contributed by atoms with E-state index in [2.05, 4.69) is 14.9 Å². The Kier molecular flexibility index (Phi) is 4.34. The quantitative estimate of drug-likeness (QED) is 0.786. The van der Waals surface area contributed by atoms with Crippen molar-refractivity contribution in [1.29, 1.82) is 0 Å². The molecule has 0 radical (unpaired) electrons. The van der Waals surface area contributed by atoms with Crippen LogP contribution in [0.1, 0.15) is 50.7 Å². The van der Waals surface area contributed by atoms with Crippen LogP contribution in [-0.2, 0) is 20.2 Å². The third-order valence-corrected chi connectivity index (χ3v) is 7.52. The molecule has 0 unspecified atom stereocenters. The van der Waals surface area contributed by atoms with Crippen LogP contribution in [0.4, 0.5) is 0 Å². The topological polar surface area (TPSA) is 105 Å². The van der Waals surface area contributed by atoms with Crippen molar-refractivity contribution in [3.8, 4) is 0 Å². The SMILES string of the molecule is CCS(=O)(=O)N[C@@H]1C[C@H]2CN(C(=O)CC3CC3)C[C@@]2(c2nc(C)no2)C1. The van der Waals surface area contributed by atoms with Gasteiger partial charge in [0, 0.05) is 25.6 Å². The number of sulfonamides is 1. The van der Waals surface area contributed by atoms with Gasteiger partial charge in [0.15, 0.2) is 5.82 Å². The zero-order chi connectivity index (χ0) is 18.5. The first-order valence-electron chi connectivity index (χ1n) is 9.40. The molecule has 8 nitrogen and oxygen atoms in total. The molecular formula is C17H26N4O4S. The molecule has 2 aliphatic carbocycles. The average molecular weight is 382 g/mol. The molecule has 3 aliphatic rings. The number of carbonyl (C=O) groups is 1. The normalized spacial score (nSPS) is 31.4. The largest absolute Gasteiger partial charge is 0.341 e. The third kappa shape index (κ3) is 3.26. The predicted octanol–water partition coefficient (Wildman–Crippen LogP) is 0.976. The first-order valence-corrected chi connectivity index (χ1v) is 11.0. The van der Waals surface area contributed by atoms with Gasteiger partial charge in [0.05, 0.1) is 11.2 Å². The molecule has 0 aromatic carbocycles. The molecule has 3 atom stereocenters. The van der Waals surface area contributed by atoms with Crippen molar-refractivity contribution >= 4 is 15.9 Å². The van der Waals surface area contributed by atoms with E-state index in [1.165, 1.54) is 0 Å². The number of likely N-dealkylation sites (tertiary alicyclic amines) is 1. The summed E-state index contributed by atoms with van der Waals surface area (Å²) >= 11 is 0. The van der Waals surface area contributed by atoms with Crippen molar-refractivity contribution in [2.24, 2.45) is 11.8 Å². The van der Waals surface area contributed by atoms with E-state index in [4.69, 9.17) is 4.52 Å². The Balaban J connectivity index is 1.56. The number of amides is 1. The first kappa shape index (κ1) is 17.9. The first-order chi connectivity index (χ1) is 12.3. The monoisotopic (exact) mass is 382 g/mol. The number of carbonyl (C=O) groups excluding carboxylic acids is 1.